The van der Waals surface area contributed by atoms with Gasteiger partial charge in [0.15, 0.2) is 6.04 Å². The first-order valence-corrected chi connectivity index (χ1v) is 10.1. The predicted molar refractivity (Wildman–Crippen MR) is 99.7 cm³/mol. The number of amides is 1. The zero-order valence-electron chi connectivity index (χ0n) is 15.1. The van der Waals surface area contributed by atoms with Gasteiger partial charge in [-0.25, -0.2) is 13.2 Å². The van der Waals surface area contributed by atoms with Crippen LogP contribution in [-0.4, -0.2) is 62.6 Å². The Morgan fingerprint density at radius 3 is 2.48 bits per heavy atom. The molecule has 0 aromatic heterocycles. The van der Waals surface area contributed by atoms with Gasteiger partial charge in [0.2, 0.25) is 15.9 Å². The van der Waals surface area contributed by atoms with Gasteiger partial charge in [0.05, 0.1) is 13.7 Å². The number of carbonyl (C=O) groups is 2. The molecule has 148 valence electrons. The summed E-state index contributed by atoms with van der Waals surface area (Å²) in [4.78, 5) is 23.7. The van der Waals surface area contributed by atoms with Crippen molar-refractivity contribution >= 4 is 28.0 Å². The van der Waals surface area contributed by atoms with Gasteiger partial charge in [0, 0.05) is 24.4 Å². The number of piperidine rings is 1. The lowest BCUT2D eigenvalue weighted by Gasteiger charge is -2.30. The average molecular weight is 396 g/mol. The summed E-state index contributed by atoms with van der Waals surface area (Å²) in [6.07, 6.45) is 2.21. The fourth-order valence-corrected chi connectivity index (χ4v) is 4.02. The Labute approximate surface area is 158 Å². The molecule has 1 aliphatic rings. The van der Waals surface area contributed by atoms with E-state index in [1.165, 1.54) is 22.9 Å². The van der Waals surface area contributed by atoms with Crippen molar-refractivity contribution in [1.29, 1.82) is 0 Å². The second kappa shape index (κ2) is 9.63. The third-order valence-corrected chi connectivity index (χ3v) is 5.97. The molecule has 1 saturated heterocycles. The molecule has 1 aliphatic heterocycles. The molecule has 1 aromatic rings. The lowest BCUT2D eigenvalue weighted by Crippen LogP contribution is -2.49. The number of ether oxygens (including phenoxy) is 1. The summed E-state index contributed by atoms with van der Waals surface area (Å²) in [6.45, 7) is -0.140. The standard InChI is InChI=1S/C18H24N2O6S/c1-26-18(23)16(13-21)19-17(22)15-7-10-20(11-8-15)27(24,25)12-9-14-5-3-2-4-6-14/h2-6,9,12,15-16,21H,7-8,10-11,13H2,1H3,(H,19,22)/b12-9+/t16-/m1/s1. The fraction of sp³-hybridized carbons (Fsp3) is 0.444. The molecule has 1 amide bonds. The Kier molecular flexibility index (Phi) is 7.52. The molecule has 1 aromatic carbocycles. The van der Waals surface area contributed by atoms with E-state index in [0.717, 1.165) is 5.56 Å². The Hall–Kier alpha value is -2.23. The number of hydrogen-bond donors (Lipinski definition) is 2. The fourth-order valence-electron chi connectivity index (χ4n) is 2.80. The van der Waals surface area contributed by atoms with Crippen LogP contribution in [0.3, 0.4) is 0 Å². The van der Waals surface area contributed by atoms with Crippen LogP contribution in [-0.2, 0) is 24.3 Å². The van der Waals surface area contributed by atoms with Crippen LogP contribution in [0.2, 0.25) is 0 Å². The van der Waals surface area contributed by atoms with Gasteiger partial charge in [-0.05, 0) is 24.5 Å². The molecule has 2 rings (SSSR count). The molecule has 0 bridgehead atoms. The van der Waals surface area contributed by atoms with E-state index in [0.29, 0.717) is 12.8 Å². The van der Waals surface area contributed by atoms with E-state index in [9.17, 15) is 18.0 Å². The Bertz CT molecular complexity index is 770. The first-order chi connectivity index (χ1) is 12.9. The number of carbonyl (C=O) groups excluding carboxylic acids is 2. The maximum atomic E-state index is 12.4. The van der Waals surface area contributed by atoms with E-state index in [-0.39, 0.29) is 13.1 Å². The summed E-state index contributed by atoms with van der Waals surface area (Å²) in [7, 11) is -2.40. The maximum absolute atomic E-state index is 12.4. The third-order valence-electron chi connectivity index (χ3n) is 4.40. The van der Waals surface area contributed by atoms with Crippen molar-refractivity contribution in [2.24, 2.45) is 5.92 Å². The molecule has 9 heteroatoms. The summed E-state index contributed by atoms with van der Waals surface area (Å²) >= 11 is 0. The zero-order chi connectivity index (χ0) is 19.9. The maximum Gasteiger partial charge on any atom is 0.330 e. The van der Waals surface area contributed by atoms with E-state index in [1.54, 1.807) is 0 Å². The highest BCUT2D eigenvalue weighted by Crippen LogP contribution is 2.21. The monoisotopic (exact) mass is 396 g/mol. The first-order valence-electron chi connectivity index (χ1n) is 8.59. The molecule has 1 heterocycles. The third kappa shape index (κ3) is 5.88. The molecular formula is C18H24N2O6S. The number of nitrogens with one attached hydrogen (secondary N) is 1. The van der Waals surface area contributed by atoms with Crippen LogP contribution in [0.1, 0.15) is 18.4 Å². The first kappa shape index (κ1) is 21.1. The van der Waals surface area contributed by atoms with Gasteiger partial charge in [-0.3, -0.25) is 4.79 Å². The largest absolute Gasteiger partial charge is 0.467 e. The van der Waals surface area contributed by atoms with Crippen molar-refractivity contribution in [2.75, 3.05) is 26.8 Å². The number of benzene rings is 1. The van der Waals surface area contributed by atoms with Gasteiger partial charge in [0.25, 0.3) is 0 Å². The van der Waals surface area contributed by atoms with Crippen molar-refractivity contribution in [3.05, 3.63) is 41.3 Å². The van der Waals surface area contributed by atoms with Gasteiger partial charge < -0.3 is 15.2 Å². The van der Waals surface area contributed by atoms with Gasteiger partial charge in [-0.15, -0.1) is 0 Å². The van der Waals surface area contributed by atoms with Crippen LogP contribution in [0.15, 0.2) is 35.7 Å². The number of nitrogens with zero attached hydrogens (tertiary/aromatic N) is 1. The quantitative estimate of drug-likeness (QED) is 0.643. The van der Waals surface area contributed by atoms with Crippen LogP contribution in [0.4, 0.5) is 0 Å². The lowest BCUT2D eigenvalue weighted by molar-refractivity contribution is -0.146. The molecule has 0 saturated carbocycles. The summed E-state index contributed by atoms with van der Waals surface area (Å²) in [6, 6.07) is 8.00. The van der Waals surface area contributed by atoms with Gasteiger partial charge >= 0.3 is 5.97 Å². The van der Waals surface area contributed by atoms with Crippen molar-refractivity contribution in [3.8, 4) is 0 Å². The van der Waals surface area contributed by atoms with E-state index >= 15 is 0 Å². The lowest BCUT2D eigenvalue weighted by atomic mass is 9.97. The number of hydrogen-bond acceptors (Lipinski definition) is 6. The van der Waals surface area contributed by atoms with Gasteiger partial charge in [-0.1, -0.05) is 30.3 Å². The van der Waals surface area contributed by atoms with Crippen LogP contribution < -0.4 is 5.32 Å². The van der Waals surface area contributed by atoms with Gasteiger partial charge in [-0.2, -0.15) is 4.31 Å². The summed E-state index contributed by atoms with van der Waals surface area (Å²) in [5.41, 5.74) is 0.785. The highest BCUT2D eigenvalue weighted by molar-refractivity contribution is 7.92. The molecule has 27 heavy (non-hydrogen) atoms. The molecule has 8 nitrogen and oxygen atoms in total. The van der Waals surface area contributed by atoms with E-state index < -0.39 is 40.5 Å². The Morgan fingerprint density at radius 2 is 1.93 bits per heavy atom. The van der Waals surface area contributed by atoms with Crippen molar-refractivity contribution in [2.45, 2.75) is 18.9 Å². The number of methoxy groups -OCH3 is 1. The summed E-state index contributed by atoms with van der Waals surface area (Å²) in [5.74, 6) is -1.54. The minimum atomic E-state index is -3.57. The van der Waals surface area contributed by atoms with Crippen molar-refractivity contribution in [3.63, 3.8) is 0 Å². The number of aliphatic hydroxyl groups excluding tert-OH is 1. The average Bonchev–Trinajstić information content (AvgIpc) is 2.70. The Balaban J connectivity index is 1.91. The molecular weight excluding hydrogens is 372 g/mol. The number of aliphatic hydroxyl groups is 1. The van der Waals surface area contributed by atoms with E-state index in [1.807, 2.05) is 30.3 Å². The number of sulfonamides is 1. The normalized spacial score (nSPS) is 17.6. The van der Waals surface area contributed by atoms with Crippen LogP contribution >= 0.6 is 0 Å². The molecule has 0 unspecified atom stereocenters. The highest BCUT2D eigenvalue weighted by Gasteiger charge is 2.31. The SMILES string of the molecule is COC(=O)[C@@H](CO)NC(=O)C1CCN(S(=O)(=O)/C=C/c2ccccc2)CC1. The van der Waals surface area contributed by atoms with Crippen LogP contribution in [0, 0.1) is 5.92 Å². The smallest absolute Gasteiger partial charge is 0.330 e. The number of rotatable bonds is 7. The molecule has 1 atom stereocenters. The zero-order valence-corrected chi connectivity index (χ0v) is 15.9. The second-order valence-corrected chi connectivity index (χ2v) is 8.02. The second-order valence-electron chi connectivity index (χ2n) is 6.20. The molecule has 0 aliphatic carbocycles. The van der Waals surface area contributed by atoms with Crippen LogP contribution in [0.5, 0.6) is 0 Å². The van der Waals surface area contributed by atoms with E-state index in [2.05, 4.69) is 10.1 Å². The molecule has 0 radical (unpaired) electrons. The summed E-state index contributed by atoms with van der Waals surface area (Å²) < 4.78 is 30.7. The van der Waals surface area contributed by atoms with Gasteiger partial charge in [0.1, 0.15) is 0 Å². The summed E-state index contributed by atoms with van der Waals surface area (Å²) in [5, 5.41) is 12.8. The molecule has 0 spiro atoms. The topological polar surface area (TPSA) is 113 Å². The van der Waals surface area contributed by atoms with Crippen molar-refractivity contribution < 1.29 is 27.9 Å². The van der Waals surface area contributed by atoms with Crippen LogP contribution in [0.25, 0.3) is 6.08 Å². The number of esters is 1. The molecule has 1 fully saturated rings. The Morgan fingerprint density at radius 1 is 1.30 bits per heavy atom. The minimum absolute atomic E-state index is 0.210. The van der Waals surface area contributed by atoms with E-state index in [4.69, 9.17) is 5.11 Å². The predicted octanol–water partition coefficient (Wildman–Crippen LogP) is 0.349. The highest BCUT2D eigenvalue weighted by atomic mass is 32.2. The minimum Gasteiger partial charge on any atom is -0.467 e. The van der Waals surface area contributed by atoms with Crippen molar-refractivity contribution in [1.82, 2.24) is 9.62 Å². The molecule has 2 N–H and O–H groups in total.